The molecule has 4 nitrogen and oxygen atoms in total. The molecule has 0 unspecified atom stereocenters. The number of nitrogen functional groups attached to an aromatic ring is 1. The van der Waals surface area contributed by atoms with Crippen molar-refractivity contribution in [1.29, 1.82) is 0 Å². The maximum absolute atomic E-state index is 12.9. The topological polar surface area (TPSA) is 75.4 Å². The molecule has 4 N–H and O–H groups in total. The Kier molecular flexibility index (Phi) is 4.26. The lowest BCUT2D eigenvalue weighted by atomic mass is 10.2. The summed E-state index contributed by atoms with van der Waals surface area (Å²) in [6.07, 6.45) is 0. The van der Waals surface area contributed by atoms with Crippen molar-refractivity contribution in [3.8, 4) is 0 Å². The number of thiophene rings is 1. The van der Waals surface area contributed by atoms with Gasteiger partial charge in [0.25, 0.3) is 11.8 Å². The SMILES string of the molecule is Nc1c(C(=O)NCC(F)(F)CO)sc2cc(Br)ccc12. The predicted octanol–water partition coefficient (Wildman–Crippen LogP) is 2.60. The lowest BCUT2D eigenvalue weighted by Gasteiger charge is -2.13. The second-order valence-electron chi connectivity index (χ2n) is 4.18. The van der Waals surface area contributed by atoms with Crippen molar-refractivity contribution < 1.29 is 18.7 Å². The molecule has 1 heterocycles. The molecule has 0 aliphatic rings. The fourth-order valence-corrected chi connectivity index (χ4v) is 3.20. The Hall–Kier alpha value is -1.25. The number of aliphatic hydroxyl groups is 1. The van der Waals surface area contributed by atoms with Gasteiger partial charge in [0.05, 0.1) is 12.2 Å². The monoisotopic (exact) mass is 364 g/mol. The highest BCUT2D eigenvalue weighted by Crippen LogP contribution is 2.35. The van der Waals surface area contributed by atoms with Gasteiger partial charge in [-0.15, -0.1) is 11.3 Å². The van der Waals surface area contributed by atoms with Crippen LogP contribution >= 0.6 is 27.3 Å². The van der Waals surface area contributed by atoms with Crippen molar-refractivity contribution in [2.45, 2.75) is 5.92 Å². The van der Waals surface area contributed by atoms with Gasteiger partial charge in [0.15, 0.2) is 0 Å². The first-order valence-electron chi connectivity index (χ1n) is 5.58. The fourth-order valence-electron chi connectivity index (χ4n) is 1.60. The molecule has 0 radical (unpaired) electrons. The first kappa shape index (κ1) is 15.1. The highest BCUT2D eigenvalue weighted by atomic mass is 79.9. The molecule has 0 fully saturated rings. The summed E-state index contributed by atoms with van der Waals surface area (Å²) in [6, 6.07) is 5.34. The third-order valence-electron chi connectivity index (χ3n) is 2.64. The predicted molar refractivity (Wildman–Crippen MR) is 78.3 cm³/mol. The van der Waals surface area contributed by atoms with E-state index in [0.717, 1.165) is 20.5 Å². The molecule has 0 saturated carbocycles. The van der Waals surface area contributed by atoms with Gasteiger partial charge in [-0.3, -0.25) is 4.79 Å². The molecule has 2 aromatic rings. The van der Waals surface area contributed by atoms with Crippen molar-refractivity contribution in [3.05, 3.63) is 27.5 Å². The summed E-state index contributed by atoms with van der Waals surface area (Å²) >= 11 is 4.44. The molecule has 1 amide bonds. The molecule has 0 spiro atoms. The van der Waals surface area contributed by atoms with Crippen LogP contribution < -0.4 is 11.1 Å². The summed E-state index contributed by atoms with van der Waals surface area (Å²) < 4.78 is 27.4. The van der Waals surface area contributed by atoms with E-state index in [-0.39, 0.29) is 10.6 Å². The van der Waals surface area contributed by atoms with Gasteiger partial charge in [-0.2, -0.15) is 0 Å². The summed E-state index contributed by atoms with van der Waals surface area (Å²) in [5, 5.41) is 11.2. The van der Waals surface area contributed by atoms with Gasteiger partial charge in [-0.05, 0) is 12.1 Å². The minimum atomic E-state index is -3.34. The second kappa shape index (κ2) is 5.63. The molecule has 8 heteroatoms. The van der Waals surface area contributed by atoms with Crippen molar-refractivity contribution >= 4 is 48.9 Å². The van der Waals surface area contributed by atoms with Crippen LogP contribution in [0.3, 0.4) is 0 Å². The van der Waals surface area contributed by atoms with E-state index >= 15 is 0 Å². The lowest BCUT2D eigenvalue weighted by molar-refractivity contribution is -0.0461. The number of hydrogen-bond acceptors (Lipinski definition) is 4. The van der Waals surface area contributed by atoms with Gasteiger partial charge in [-0.1, -0.05) is 22.0 Å². The van der Waals surface area contributed by atoms with Crippen LogP contribution in [0.2, 0.25) is 0 Å². The molecule has 1 aromatic carbocycles. The van der Waals surface area contributed by atoms with E-state index in [4.69, 9.17) is 10.8 Å². The molecular weight excluding hydrogens is 354 g/mol. The van der Waals surface area contributed by atoms with Crippen LogP contribution in [-0.2, 0) is 0 Å². The van der Waals surface area contributed by atoms with Crippen LogP contribution in [0, 0.1) is 0 Å². The number of halogens is 3. The highest BCUT2D eigenvalue weighted by molar-refractivity contribution is 9.10. The molecule has 0 saturated heterocycles. The average molecular weight is 365 g/mol. The smallest absolute Gasteiger partial charge is 0.287 e. The Balaban J connectivity index is 2.24. The van der Waals surface area contributed by atoms with E-state index < -0.39 is 25.0 Å². The first-order chi connectivity index (χ1) is 9.34. The van der Waals surface area contributed by atoms with Crippen LogP contribution in [0.1, 0.15) is 9.67 Å². The zero-order chi connectivity index (χ0) is 14.9. The largest absolute Gasteiger partial charge is 0.397 e. The van der Waals surface area contributed by atoms with Gasteiger partial charge in [-0.25, -0.2) is 8.78 Å². The number of rotatable bonds is 4. The molecule has 0 atom stereocenters. The third-order valence-corrected chi connectivity index (χ3v) is 4.30. The van der Waals surface area contributed by atoms with Gasteiger partial charge >= 0.3 is 0 Å². The summed E-state index contributed by atoms with van der Waals surface area (Å²) in [6.45, 7) is -2.25. The summed E-state index contributed by atoms with van der Waals surface area (Å²) in [7, 11) is 0. The molecule has 0 aliphatic carbocycles. The molecule has 108 valence electrons. The maximum atomic E-state index is 12.9. The Labute approximate surface area is 125 Å². The van der Waals surface area contributed by atoms with Crippen molar-refractivity contribution in [2.75, 3.05) is 18.9 Å². The number of hydrogen-bond donors (Lipinski definition) is 3. The standard InChI is InChI=1S/C12H11BrF2N2O2S/c13-6-1-2-7-8(3-6)20-10(9(7)16)11(19)17-4-12(14,15)5-18/h1-3,18H,4-5,16H2,(H,17,19). The summed E-state index contributed by atoms with van der Waals surface area (Å²) in [4.78, 5) is 12.1. The van der Waals surface area contributed by atoms with Crippen molar-refractivity contribution in [1.82, 2.24) is 5.32 Å². The van der Waals surface area contributed by atoms with Crippen LogP contribution in [0.5, 0.6) is 0 Å². The van der Waals surface area contributed by atoms with Gasteiger partial charge in [0.1, 0.15) is 11.5 Å². The van der Waals surface area contributed by atoms with E-state index in [0.29, 0.717) is 5.39 Å². The zero-order valence-electron chi connectivity index (χ0n) is 10.1. The van der Waals surface area contributed by atoms with Crippen molar-refractivity contribution in [2.24, 2.45) is 0 Å². The van der Waals surface area contributed by atoms with Gasteiger partial charge < -0.3 is 16.2 Å². The average Bonchev–Trinajstić information content (AvgIpc) is 2.73. The Morgan fingerprint density at radius 1 is 1.50 bits per heavy atom. The Morgan fingerprint density at radius 2 is 2.20 bits per heavy atom. The number of carbonyl (C=O) groups is 1. The number of anilines is 1. The number of carbonyl (C=O) groups excluding carboxylic acids is 1. The fraction of sp³-hybridized carbons (Fsp3) is 0.250. The van der Waals surface area contributed by atoms with Crippen LogP contribution in [0.15, 0.2) is 22.7 Å². The van der Waals surface area contributed by atoms with E-state index in [1.54, 1.807) is 18.2 Å². The molecular formula is C12H11BrF2N2O2S. The molecule has 2 rings (SSSR count). The normalized spacial score (nSPS) is 11.8. The Bertz CT molecular complexity index is 660. The lowest BCUT2D eigenvalue weighted by Crippen LogP contribution is -2.38. The van der Waals surface area contributed by atoms with Crippen molar-refractivity contribution in [3.63, 3.8) is 0 Å². The van der Waals surface area contributed by atoms with E-state index in [9.17, 15) is 13.6 Å². The van der Waals surface area contributed by atoms with E-state index in [1.165, 1.54) is 0 Å². The summed E-state index contributed by atoms with van der Waals surface area (Å²) in [5.41, 5.74) is 6.13. The van der Waals surface area contributed by atoms with E-state index in [2.05, 4.69) is 21.2 Å². The third kappa shape index (κ3) is 3.08. The number of aliphatic hydroxyl groups excluding tert-OH is 1. The van der Waals surface area contributed by atoms with Crippen LogP contribution in [0.25, 0.3) is 10.1 Å². The second-order valence-corrected chi connectivity index (χ2v) is 6.15. The Morgan fingerprint density at radius 3 is 2.85 bits per heavy atom. The minimum absolute atomic E-state index is 0.187. The molecule has 20 heavy (non-hydrogen) atoms. The highest BCUT2D eigenvalue weighted by Gasteiger charge is 2.29. The first-order valence-corrected chi connectivity index (χ1v) is 7.19. The number of alkyl halides is 2. The van der Waals surface area contributed by atoms with Crippen LogP contribution in [-0.4, -0.2) is 30.1 Å². The van der Waals surface area contributed by atoms with E-state index in [1.807, 2.05) is 0 Å². The summed E-state index contributed by atoms with van der Waals surface area (Å²) in [5.74, 6) is -4.02. The molecule has 0 bridgehead atoms. The quantitative estimate of drug-likeness (QED) is 0.780. The van der Waals surface area contributed by atoms with Gasteiger partial charge in [0, 0.05) is 14.6 Å². The number of benzene rings is 1. The number of nitrogens with two attached hydrogens (primary N) is 1. The number of nitrogens with one attached hydrogen (secondary N) is 1. The number of amides is 1. The zero-order valence-corrected chi connectivity index (χ0v) is 12.5. The maximum Gasteiger partial charge on any atom is 0.287 e. The minimum Gasteiger partial charge on any atom is -0.397 e. The molecule has 0 aliphatic heterocycles. The van der Waals surface area contributed by atoms with Crippen LogP contribution in [0.4, 0.5) is 14.5 Å². The number of fused-ring (bicyclic) bond motifs is 1. The molecule has 1 aromatic heterocycles. The van der Waals surface area contributed by atoms with Gasteiger partial charge in [0.2, 0.25) is 0 Å².